The maximum absolute atomic E-state index is 10.5. The summed E-state index contributed by atoms with van der Waals surface area (Å²) < 4.78 is 6.88. The zero-order chi connectivity index (χ0) is 15.6. The van der Waals surface area contributed by atoms with Crippen molar-refractivity contribution in [3.8, 4) is 0 Å². The Kier molecular flexibility index (Phi) is 4.37. The van der Waals surface area contributed by atoms with E-state index in [0.717, 1.165) is 0 Å². The SMILES string of the molecule is C[C@@H](O)[C@@](C)(O)[C@@H](OCCO)c1cnc2c(N)ncnn12. The van der Waals surface area contributed by atoms with Crippen molar-refractivity contribution in [1.29, 1.82) is 0 Å². The van der Waals surface area contributed by atoms with Crippen molar-refractivity contribution in [2.24, 2.45) is 0 Å². The Morgan fingerprint density at radius 1 is 1.48 bits per heavy atom. The number of hydrogen-bond donors (Lipinski definition) is 4. The molecular formula is C12H19N5O4. The molecule has 5 N–H and O–H groups in total. The van der Waals surface area contributed by atoms with E-state index in [-0.39, 0.29) is 19.0 Å². The number of rotatable bonds is 6. The number of fused-ring (bicyclic) bond motifs is 1. The number of aliphatic hydroxyl groups excluding tert-OH is 2. The summed E-state index contributed by atoms with van der Waals surface area (Å²) in [5.74, 6) is 0.189. The highest BCUT2D eigenvalue weighted by Gasteiger charge is 2.40. The second-order valence-corrected chi connectivity index (χ2v) is 4.94. The molecule has 2 heterocycles. The van der Waals surface area contributed by atoms with Gasteiger partial charge in [0.05, 0.1) is 31.2 Å². The van der Waals surface area contributed by atoms with Crippen LogP contribution < -0.4 is 5.73 Å². The molecule has 3 atom stereocenters. The van der Waals surface area contributed by atoms with Crippen LogP contribution in [0.4, 0.5) is 5.82 Å². The molecule has 116 valence electrons. The Balaban J connectivity index is 2.51. The van der Waals surface area contributed by atoms with Crippen LogP contribution >= 0.6 is 0 Å². The van der Waals surface area contributed by atoms with Gasteiger partial charge in [-0.3, -0.25) is 0 Å². The molecule has 0 saturated carbocycles. The molecule has 2 aromatic heterocycles. The fourth-order valence-electron chi connectivity index (χ4n) is 1.97. The summed E-state index contributed by atoms with van der Waals surface area (Å²) in [6.07, 6.45) is 0.673. The fraction of sp³-hybridized carbons (Fsp3) is 0.583. The average molecular weight is 297 g/mol. The molecule has 21 heavy (non-hydrogen) atoms. The van der Waals surface area contributed by atoms with Crippen LogP contribution in [0.5, 0.6) is 0 Å². The van der Waals surface area contributed by atoms with Gasteiger partial charge in [0, 0.05) is 0 Å². The molecule has 0 saturated heterocycles. The number of aromatic nitrogens is 4. The van der Waals surface area contributed by atoms with Crippen molar-refractivity contribution in [3.05, 3.63) is 18.2 Å². The van der Waals surface area contributed by atoms with Crippen LogP contribution in [0.3, 0.4) is 0 Å². The van der Waals surface area contributed by atoms with Crippen molar-refractivity contribution >= 4 is 11.5 Å². The number of nitrogens with two attached hydrogens (primary N) is 1. The summed E-state index contributed by atoms with van der Waals surface area (Å²) in [5.41, 5.74) is 4.83. The first-order chi connectivity index (χ1) is 9.89. The number of anilines is 1. The van der Waals surface area contributed by atoms with Gasteiger partial charge in [-0.1, -0.05) is 0 Å². The molecule has 2 rings (SSSR count). The van der Waals surface area contributed by atoms with E-state index < -0.39 is 17.8 Å². The van der Waals surface area contributed by atoms with Gasteiger partial charge in [0.2, 0.25) is 0 Å². The van der Waals surface area contributed by atoms with E-state index in [0.29, 0.717) is 11.3 Å². The lowest BCUT2D eigenvalue weighted by molar-refractivity contribution is -0.158. The predicted octanol–water partition coefficient (Wildman–Crippen LogP) is -1.11. The Labute approximate surface area is 121 Å². The summed E-state index contributed by atoms with van der Waals surface area (Å²) in [4.78, 5) is 7.93. The number of nitrogen functional groups attached to an aromatic ring is 1. The maximum atomic E-state index is 10.5. The van der Waals surface area contributed by atoms with Crippen LogP contribution in [0.25, 0.3) is 5.65 Å². The molecule has 0 bridgehead atoms. The van der Waals surface area contributed by atoms with E-state index in [9.17, 15) is 10.2 Å². The lowest BCUT2D eigenvalue weighted by Crippen LogP contribution is -2.45. The van der Waals surface area contributed by atoms with Crippen molar-refractivity contribution in [2.45, 2.75) is 31.7 Å². The highest BCUT2D eigenvalue weighted by molar-refractivity contribution is 5.58. The minimum absolute atomic E-state index is 0.0126. The molecule has 9 heteroatoms. The lowest BCUT2D eigenvalue weighted by Gasteiger charge is -2.34. The van der Waals surface area contributed by atoms with E-state index in [1.165, 1.54) is 30.9 Å². The number of imidazole rings is 1. The van der Waals surface area contributed by atoms with Crippen LogP contribution in [-0.2, 0) is 4.74 Å². The molecule has 9 nitrogen and oxygen atoms in total. The maximum Gasteiger partial charge on any atom is 0.196 e. The molecule has 0 aromatic carbocycles. The Hall–Kier alpha value is -1.81. The lowest BCUT2D eigenvalue weighted by atomic mass is 9.91. The molecular weight excluding hydrogens is 278 g/mol. The smallest absolute Gasteiger partial charge is 0.196 e. The van der Waals surface area contributed by atoms with Gasteiger partial charge >= 0.3 is 0 Å². The number of nitrogens with zero attached hydrogens (tertiary/aromatic N) is 4. The minimum atomic E-state index is -1.61. The third kappa shape index (κ3) is 2.81. The second kappa shape index (κ2) is 5.90. The topological polar surface area (TPSA) is 139 Å². The van der Waals surface area contributed by atoms with Gasteiger partial charge < -0.3 is 25.8 Å². The zero-order valence-corrected chi connectivity index (χ0v) is 11.8. The van der Waals surface area contributed by atoms with Gasteiger partial charge in [-0.25, -0.2) is 14.5 Å². The Morgan fingerprint density at radius 2 is 2.19 bits per heavy atom. The van der Waals surface area contributed by atoms with Gasteiger partial charge in [0.15, 0.2) is 11.5 Å². The monoisotopic (exact) mass is 297 g/mol. The predicted molar refractivity (Wildman–Crippen MR) is 73.3 cm³/mol. The molecule has 0 aliphatic heterocycles. The summed E-state index contributed by atoms with van der Waals surface area (Å²) >= 11 is 0. The molecule has 2 aromatic rings. The van der Waals surface area contributed by atoms with Crippen LogP contribution in [0.2, 0.25) is 0 Å². The third-order valence-corrected chi connectivity index (χ3v) is 3.38. The van der Waals surface area contributed by atoms with Crippen LogP contribution in [0.15, 0.2) is 12.5 Å². The largest absolute Gasteiger partial charge is 0.394 e. The van der Waals surface area contributed by atoms with E-state index in [2.05, 4.69) is 15.1 Å². The normalized spacial score (nSPS) is 17.6. The van der Waals surface area contributed by atoms with E-state index in [1.807, 2.05) is 0 Å². The second-order valence-electron chi connectivity index (χ2n) is 4.94. The number of aliphatic hydroxyl groups is 3. The number of hydrogen-bond acceptors (Lipinski definition) is 8. The quantitative estimate of drug-likeness (QED) is 0.526. The summed E-state index contributed by atoms with van der Waals surface area (Å²) in [6.45, 7) is 2.65. The van der Waals surface area contributed by atoms with E-state index in [1.54, 1.807) is 0 Å². The molecule has 0 aliphatic rings. The molecule has 0 amide bonds. The Bertz CT molecular complexity index is 613. The van der Waals surface area contributed by atoms with E-state index in [4.69, 9.17) is 15.6 Å². The molecule has 0 fully saturated rings. The van der Waals surface area contributed by atoms with Crippen molar-refractivity contribution in [1.82, 2.24) is 19.6 Å². The average Bonchev–Trinajstić information content (AvgIpc) is 2.84. The first kappa shape index (κ1) is 15.6. The van der Waals surface area contributed by atoms with Crippen LogP contribution in [-0.4, -0.2) is 59.8 Å². The van der Waals surface area contributed by atoms with Crippen molar-refractivity contribution in [2.75, 3.05) is 18.9 Å². The summed E-state index contributed by atoms with van der Waals surface area (Å²) in [5, 5.41) is 33.3. The highest BCUT2D eigenvalue weighted by Crippen LogP contribution is 2.32. The van der Waals surface area contributed by atoms with Crippen molar-refractivity contribution < 1.29 is 20.1 Å². The first-order valence-electron chi connectivity index (χ1n) is 6.46. The standard InChI is InChI=1S/C12H19N5O4/c1-7(19)12(2,20)9(21-4-3-18)8-5-14-11-10(13)15-6-16-17(8)11/h5-7,9,18-20H,3-4H2,1-2H3,(H2,13,15,16)/t7-,9+,12-/m1/s1. The van der Waals surface area contributed by atoms with Gasteiger partial charge in [-0.15, -0.1) is 0 Å². The molecule has 0 aliphatic carbocycles. The number of ether oxygens (including phenoxy) is 1. The Morgan fingerprint density at radius 3 is 2.81 bits per heavy atom. The summed E-state index contributed by atoms with van der Waals surface area (Å²) in [7, 11) is 0. The third-order valence-electron chi connectivity index (χ3n) is 3.38. The highest BCUT2D eigenvalue weighted by atomic mass is 16.5. The van der Waals surface area contributed by atoms with Crippen molar-refractivity contribution in [3.63, 3.8) is 0 Å². The van der Waals surface area contributed by atoms with Crippen LogP contribution in [0.1, 0.15) is 25.6 Å². The zero-order valence-electron chi connectivity index (χ0n) is 11.8. The summed E-state index contributed by atoms with van der Waals surface area (Å²) in [6, 6.07) is 0. The van der Waals surface area contributed by atoms with Gasteiger partial charge in [0.25, 0.3) is 0 Å². The van der Waals surface area contributed by atoms with Gasteiger partial charge in [-0.2, -0.15) is 5.10 Å². The first-order valence-corrected chi connectivity index (χ1v) is 6.46. The molecule has 0 spiro atoms. The van der Waals surface area contributed by atoms with E-state index >= 15 is 0 Å². The minimum Gasteiger partial charge on any atom is -0.394 e. The fourth-order valence-corrected chi connectivity index (χ4v) is 1.97. The van der Waals surface area contributed by atoms with Gasteiger partial charge in [0.1, 0.15) is 18.0 Å². The van der Waals surface area contributed by atoms with Crippen LogP contribution in [0, 0.1) is 0 Å². The molecule has 0 unspecified atom stereocenters. The van der Waals surface area contributed by atoms with Gasteiger partial charge in [-0.05, 0) is 13.8 Å². The molecule has 0 radical (unpaired) electrons.